The Labute approximate surface area is 205 Å². The number of benzene rings is 1. The summed E-state index contributed by atoms with van der Waals surface area (Å²) in [4.78, 5) is 17.8. The number of hydrogen-bond donors (Lipinski definition) is 3. The summed E-state index contributed by atoms with van der Waals surface area (Å²) in [6.07, 6.45) is 5.77. The fraction of sp³-hybridized carbons (Fsp3) is 0.481. The zero-order chi connectivity index (χ0) is 24.2. The van der Waals surface area contributed by atoms with Crippen molar-refractivity contribution in [1.82, 2.24) is 24.8 Å². The molecule has 2 aliphatic rings. The molecule has 3 aromatic heterocycles. The van der Waals surface area contributed by atoms with Gasteiger partial charge in [-0.05, 0) is 49.7 Å². The summed E-state index contributed by atoms with van der Waals surface area (Å²) >= 11 is 0. The molecule has 2 fully saturated rings. The van der Waals surface area contributed by atoms with E-state index in [0.29, 0.717) is 17.5 Å². The van der Waals surface area contributed by atoms with E-state index in [-0.39, 0.29) is 11.2 Å². The Morgan fingerprint density at radius 3 is 2.66 bits per heavy atom. The number of nitrogen functional groups attached to an aromatic ring is 1. The fourth-order valence-corrected chi connectivity index (χ4v) is 5.51. The summed E-state index contributed by atoms with van der Waals surface area (Å²) in [5.74, 6) is 0.103. The van der Waals surface area contributed by atoms with E-state index in [1.165, 1.54) is 10.9 Å². The smallest absolute Gasteiger partial charge is 0.180 e. The minimum Gasteiger partial charge on any atom is -0.384 e. The number of anilines is 1. The second kappa shape index (κ2) is 8.33. The number of H-pyrrole nitrogens is 2. The van der Waals surface area contributed by atoms with Gasteiger partial charge in [-0.25, -0.2) is 9.97 Å². The molecular weight excluding hydrogens is 440 g/mol. The third-order valence-electron chi connectivity index (χ3n) is 7.62. The highest BCUT2D eigenvalue weighted by Gasteiger charge is 2.43. The number of imidazole rings is 1. The van der Waals surface area contributed by atoms with E-state index < -0.39 is 0 Å². The Bertz CT molecular complexity index is 1350. The van der Waals surface area contributed by atoms with Crippen molar-refractivity contribution in [1.29, 1.82) is 0 Å². The SMILES string of the molecule is CN(Cc1ccc2[nH]c(-c3cc(N)nc4nc[nH]c34)cc2c1)C1CCC2(CC1)OCC(C)(C)CO2. The number of aromatic amines is 2. The summed E-state index contributed by atoms with van der Waals surface area (Å²) in [5.41, 5.74) is 12.0. The predicted molar refractivity (Wildman–Crippen MR) is 138 cm³/mol. The molecule has 1 aliphatic heterocycles. The van der Waals surface area contributed by atoms with Gasteiger partial charge in [-0.2, -0.15) is 0 Å². The van der Waals surface area contributed by atoms with Crippen LogP contribution < -0.4 is 5.73 Å². The van der Waals surface area contributed by atoms with Crippen LogP contribution in [0.15, 0.2) is 36.7 Å². The Balaban J connectivity index is 1.15. The first-order valence-electron chi connectivity index (χ1n) is 12.5. The van der Waals surface area contributed by atoms with Crippen LogP contribution in [0.2, 0.25) is 0 Å². The summed E-state index contributed by atoms with van der Waals surface area (Å²) in [5, 5.41) is 1.18. The largest absolute Gasteiger partial charge is 0.384 e. The summed E-state index contributed by atoms with van der Waals surface area (Å²) in [6, 6.07) is 11.3. The molecule has 4 aromatic rings. The topological polar surface area (TPSA) is 105 Å². The van der Waals surface area contributed by atoms with E-state index in [1.54, 1.807) is 6.33 Å². The number of nitrogens with one attached hydrogen (secondary N) is 2. The number of hydrogen-bond acceptors (Lipinski definition) is 6. The van der Waals surface area contributed by atoms with Crippen LogP contribution >= 0.6 is 0 Å². The first kappa shape index (κ1) is 22.5. The summed E-state index contributed by atoms with van der Waals surface area (Å²) < 4.78 is 12.4. The lowest BCUT2D eigenvalue weighted by Gasteiger charge is -2.47. The van der Waals surface area contributed by atoms with Crippen molar-refractivity contribution in [3.8, 4) is 11.3 Å². The molecule has 4 heterocycles. The average molecular weight is 475 g/mol. The van der Waals surface area contributed by atoms with Crippen LogP contribution in [0.1, 0.15) is 45.1 Å². The molecule has 6 rings (SSSR count). The quantitative estimate of drug-likeness (QED) is 0.391. The maximum Gasteiger partial charge on any atom is 0.180 e. The number of ether oxygens (including phenoxy) is 2. The standard InChI is InChI=1S/C27H34N6O2/c1-26(2)14-34-27(35-15-26)8-6-19(7-9-27)33(3)13-17-4-5-21-18(10-17)11-22(31-21)20-12-23(28)32-25-24(20)29-16-30-25/h4-5,10-12,16,19,31H,6-9,13-15H2,1-3H3,(H3,28,29,30,32). The minimum atomic E-state index is -0.357. The number of aromatic nitrogens is 4. The van der Waals surface area contributed by atoms with Gasteiger partial charge >= 0.3 is 0 Å². The van der Waals surface area contributed by atoms with Gasteiger partial charge in [0.2, 0.25) is 0 Å². The van der Waals surface area contributed by atoms with Crippen molar-refractivity contribution in [2.75, 3.05) is 26.0 Å². The monoisotopic (exact) mass is 474 g/mol. The predicted octanol–water partition coefficient (Wildman–Crippen LogP) is 4.83. The second-order valence-electron chi connectivity index (χ2n) is 11.1. The number of nitrogens with two attached hydrogens (primary N) is 1. The highest BCUT2D eigenvalue weighted by Crippen LogP contribution is 2.40. The van der Waals surface area contributed by atoms with Crippen molar-refractivity contribution < 1.29 is 9.47 Å². The van der Waals surface area contributed by atoms with Crippen LogP contribution in [-0.2, 0) is 16.0 Å². The van der Waals surface area contributed by atoms with Gasteiger partial charge in [0.05, 0.1) is 25.1 Å². The molecule has 0 atom stereocenters. The number of pyridine rings is 1. The first-order valence-corrected chi connectivity index (χ1v) is 12.5. The molecule has 1 aromatic carbocycles. The highest BCUT2D eigenvalue weighted by molar-refractivity contribution is 5.95. The molecule has 1 aliphatic carbocycles. The van der Waals surface area contributed by atoms with E-state index in [0.717, 1.165) is 67.7 Å². The molecule has 184 valence electrons. The van der Waals surface area contributed by atoms with E-state index in [4.69, 9.17) is 15.2 Å². The molecule has 1 saturated heterocycles. The van der Waals surface area contributed by atoms with E-state index in [2.05, 4.69) is 70.0 Å². The molecule has 1 spiro atoms. The Kier molecular flexibility index (Phi) is 5.36. The second-order valence-corrected chi connectivity index (χ2v) is 11.1. The van der Waals surface area contributed by atoms with Gasteiger partial charge in [0.25, 0.3) is 0 Å². The van der Waals surface area contributed by atoms with E-state index in [9.17, 15) is 0 Å². The molecular formula is C27H34N6O2. The van der Waals surface area contributed by atoms with Crippen LogP contribution in [0.3, 0.4) is 0 Å². The molecule has 0 bridgehead atoms. The maximum absolute atomic E-state index is 6.22. The molecule has 8 nitrogen and oxygen atoms in total. The van der Waals surface area contributed by atoms with Crippen molar-refractivity contribution in [3.63, 3.8) is 0 Å². The average Bonchev–Trinajstić information content (AvgIpc) is 3.48. The van der Waals surface area contributed by atoms with Crippen molar-refractivity contribution in [3.05, 3.63) is 42.2 Å². The van der Waals surface area contributed by atoms with Crippen molar-refractivity contribution >= 4 is 27.9 Å². The summed E-state index contributed by atoms with van der Waals surface area (Å²) in [6.45, 7) is 6.88. The first-order chi connectivity index (χ1) is 16.8. The van der Waals surface area contributed by atoms with Crippen LogP contribution in [-0.4, -0.2) is 56.9 Å². The number of rotatable bonds is 4. The normalized spacial score (nSPS) is 20.3. The zero-order valence-electron chi connectivity index (χ0n) is 20.7. The Hall–Kier alpha value is -2.94. The fourth-order valence-electron chi connectivity index (χ4n) is 5.51. The highest BCUT2D eigenvalue weighted by atomic mass is 16.7. The van der Waals surface area contributed by atoms with Gasteiger partial charge < -0.3 is 25.2 Å². The van der Waals surface area contributed by atoms with Gasteiger partial charge in [0, 0.05) is 53.0 Å². The molecule has 8 heteroatoms. The molecule has 4 N–H and O–H groups in total. The number of fused-ring (bicyclic) bond motifs is 2. The minimum absolute atomic E-state index is 0.115. The zero-order valence-corrected chi connectivity index (χ0v) is 20.7. The van der Waals surface area contributed by atoms with Crippen LogP contribution in [0, 0.1) is 5.41 Å². The molecule has 0 radical (unpaired) electrons. The Morgan fingerprint density at radius 2 is 1.89 bits per heavy atom. The van der Waals surface area contributed by atoms with Crippen LogP contribution in [0.5, 0.6) is 0 Å². The van der Waals surface area contributed by atoms with Crippen molar-refractivity contribution in [2.45, 2.75) is 57.9 Å². The Morgan fingerprint density at radius 1 is 1.11 bits per heavy atom. The lowest BCUT2D eigenvalue weighted by molar-refractivity contribution is -0.312. The van der Waals surface area contributed by atoms with Gasteiger partial charge in [-0.3, -0.25) is 4.90 Å². The molecule has 1 saturated carbocycles. The van der Waals surface area contributed by atoms with Gasteiger partial charge in [0.15, 0.2) is 11.4 Å². The lowest BCUT2D eigenvalue weighted by Crippen LogP contribution is -2.51. The van der Waals surface area contributed by atoms with Gasteiger partial charge in [-0.15, -0.1) is 0 Å². The lowest BCUT2D eigenvalue weighted by atomic mass is 9.86. The van der Waals surface area contributed by atoms with E-state index in [1.807, 2.05) is 6.07 Å². The molecule has 0 unspecified atom stereocenters. The van der Waals surface area contributed by atoms with Crippen LogP contribution in [0.25, 0.3) is 33.3 Å². The van der Waals surface area contributed by atoms with Crippen LogP contribution in [0.4, 0.5) is 5.82 Å². The molecule has 0 amide bonds. The third-order valence-corrected chi connectivity index (χ3v) is 7.62. The maximum atomic E-state index is 6.22. The van der Waals surface area contributed by atoms with Gasteiger partial charge in [0.1, 0.15) is 5.82 Å². The van der Waals surface area contributed by atoms with E-state index >= 15 is 0 Å². The third kappa shape index (κ3) is 4.30. The van der Waals surface area contributed by atoms with Crippen molar-refractivity contribution in [2.24, 2.45) is 5.41 Å². The van der Waals surface area contributed by atoms with Gasteiger partial charge in [-0.1, -0.05) is 19.9 Å². The molecule has 35 heavy (non-hydrogen) atoms. The summed E-state index contributed by atoms with van der Waals surface area (Å²) in [7, 11) is 2.23. The number of nitrogens with zero attached hydrogens (tertiary/aromatic N) is 3.